The van der Waals surface area contributed by atoms with Gasteiger partial charge in [0, 0.05) is 5.56 Å². The number of nitrogens with two attached hydrogens (primary N) is 1. The molecule has 0 amide bonds. The predicted molar refractivity (Wildman–Crippen MR) is 60.2 cm³/mol. The molecule has 1 aromatic carbocycles. The molecule has 0 aliphatic carbocycles. The molecule has 0 aromatic heterocycles. The average Bonchev–Trinajstić information content (AvgIpc) is 2.12. The van der Waals surface area contributed by atoms with Crippen molar-refractivity contribution in [2.45, 2.75) is 6.92 Å². The molecule has 0 saturated carbocycles. The van der Waals surface area contributed by atoms with Gasteiger partial charge in [-0.05, 0) is 19.1 Å². The second-order valence-corrected chi connectivity index (χ2v) is 3.45. The molecule has 0 radical (unpaired) electrons. The maximum Gasteiger partial charge on any atom is 0.176 e. The van der Waals surface area contributed by atoms with Crippen LogP contribution < -0.4 is 10.5 Å². The largest absolute Gasteiger partial charge is 0.503 e. The molecule has 5 heteroatoms. The first-order chi connectivity index (χ1) is 6.56. The van der Waals surface area contributed by atoms with Crippen LogP contribution in [0.5, 0.6) is 11.5 Å². The Morgan fingerprint density at radius 3 is 2.79 bits per heavy atom. The van der Waals surface area contributed by atoms with Crippen molar-refractivity contribution in [3.05, 3.63) is 22.7 Å². The molecule has 3 N–H and O–H groups in total. The van der Waals surface area contributed by atoms with Crippen LogP contribution in [-0.4, -0.2) is 16.7 Å². The van der Waals surface area contributed by atoms with Gasteiger partial charge in [0.05, 0.1) is 11.6 Å². The van der Waals surface area contributed by atoms with E-state index in [2.05, 4.69) is 0 Å². The monoisotopic (exact) mass is 231 g/mol. The number of halogens is 1. The molecule has 0 aliphatic heterocycles. The molecule has 0 spiro atoms. The topological polar surface area (TPSA) is 55.5 Å². The van der Waals surface area contributed by atoms with Gasteiger partial charge in [0.1, 0.15) is 4.99 Å². The van der Waals surface area contributed by atoms with Crippen LogP contribution in [0.1, 0.15) is 12.5 Å². The fraction of sp³-hybridized carbons (Fsp3) is 0.222. The summed E-state index contributed by atoms with van der Waals surface area (Å²) in [6, 6.07) is 3.06. The summed E-state index contributed by atoms with van der Waals surface area (Å²) in [5, 5.41) is 9.67. The van der Waals surface area contributed by atoms with E-state index in [1.807, 2.05) is 0 Å². The summed E-state index contributed by atoms with van der Waals surface area (Å²) < 4.78 is 5.16. The Morgan fingerprint density at radius 1 is 1.64 bits per heavy atom. The highest BCUT2D eigenvalue weighted by Gasteiger charge is 2.10. The normalized spacial score (nSPS) is 9.86. The molecule has 0 atom stereocenters. The minimum Gasteiger partial charge on any atom is -0.503 e. The molecule has 3 nitrogen and oxygen atoms in total. The highest BCUT2D eigenvalue weighted by Crippen LogP contribution is 2.35. The average molecular weight is 232 g/mol. The van der Waals surface area contributed by atoms with Gasteiger partial charge >= 0.3 is 0 Å². The summed E-state index contributed by atoms with van der Waals surface area (Å²) in [6.07, 6.45) is 0. The Bertz CT molecular complexity index is 368. The quantitative estimate of drug-likeness (QED) is 0.783. The maximum atomic E-state index is 9.49. The summed E-state index contributed by atoms with van der Waals surface area (Å²) in [4.78, 5) is 0.216. The van der Waals surface area contributed by atoms with E-state index >= 15 is 0 Å². The van der Waals surface area contributed by atoms with Crippen LogP contribution in [0.2, 0.25) is 5.02 Å². The number of phenols is 1. The zero-order valence-corrected chi connectivity index (χ0v) is 9.15. The number of benzene rings is 1. The van der Waals surface area contributed by atoms with E-state index in [4.69, 9.17) is 34.3 Å². The Balaban J connectivity index is 3.20. The summed E-state index contributed by atoms with van der Waals surface area (Å²) >= 11 is 10.5. The van der Waals surface area contributed by atoms with Crippen molar-refractivity contribution in [1.82, 2.24) is 0 Å². The third kappa shape index (κ3) is 2.27. The van der Waals surface area contributed by atoms with E-state index in [0.717, 1.165) is 0 Å². The van der Waals surface area contributed by atoms with Gasteiger partial charge in [-0.15, -0.1) is 0 Å². The summed E-state index contributed by atoms with van der Waals surface area (Å²) in [7, 11) is 0. The van der Waals surface area contributed by atoms with E-state index in [1.165, 1.54) is 6.07 Å². The van der Waals surface area contributed by atoms with Crippen LogP contribution >= 0.6 is 23.8 Å². The Labute approximate surface area is 92.4 Å². The number of thiocarbonyl (C=S) groups is 1. The second-order valence-electron chi connectivity index (χ2n) is 2.60. The van der Waals surface area contributed by atoms with E-state index in [9.17, 15) is 5.11 Å². The predicted octanol–water partition coefficient (Wildman–Crippen LogP) is 2.08. The number of ether oxygens (including phenoxy) is 1. The van der Waals surface area contributed by atoms with Crippen LogP contribution in [0.4, 0.5) is 0 Å². The first-order valence-corrected chi connectivity index (χ1v) is 4.80. The molecule has 0 heterocycles. The van der Waals surface area contributed by atoms with Crippen LogP contribution in [0.25, 0.3) is 0 Å². The van der Waals surface area contributed by atoms with Gasteiger partial charge < -0.3 is 15.6 Å². The highest BCUT2D eigenvalue weighted by molar-refractivity contribution is 7.80. The summed E-state index contributed by atoms with van der Waals surface area (Å²) in [5.74, 6) is 0.205. The smallest absolute Gasteiger partial charge is 0.176 e. The first-order valence-electron chi connectivity index (χ1n) is 4.01. The maximum absolute atomic E-state index is 9.49. The SMILES string of the molecule is CCOc1cc(C(N)=S)cc(Cl)c1O. The Kier molecular flexibility index (Phi) is 3.55. The van der Waals surface area contributed by atoms with E-state index in [1.54, 1.807) is 13.0 Å². The molecule has 0 aliphatic rings. The molecule has 1 aromatic rings. The lowest BCUT2D eigenvalue weighted by Gasteiger charge is -2.09. The lowest BCUT2D eigenvalue weighted by Crippen LogP contribution is -2.09. The molecule has 14 heavy (non-hydrogen) atoms. The van der Waals surface area contributed by atoms with E-state index < -0.39 is 0 Å². The number of rotatable bonds is 3. The lowest BCUT2D eigenvalue weighted by atomic mass is 10.2. The highest BCUT2D eigenvalue weighted by atomic mass is 35.5. The van der Waals surface area contributed by atoms with Crippen molar-refractivity contribution in [3.63, 3.8) is 0 Å². The Hall–Kier alpha value is -1.00. The first kappa shape index (κ1) is 11.1. The minimum atomic E-state index is -0.0893. The molecular weight excluding hydrogens is 222 g/mol. The minimum absolute atomic E-state index is 0.0893. The van der Waals surface area contributed by atoms with Gasteiger partial charge in [-0.2, -0.15) is 0 Å². The number of aromatic hydroxyl groups is 1. The van der Waals surface area contributed by atoms with Crippen molar-refractivity contribution in [2.24, 2.45) is 5.73 Å². The van der Waals surface area contributed by atoms with Gasteiger partial charge in [-0.1, -0.05) is 23.8 Å². The molecule has 0 unspecified atom stereocenters. The van der Waals surface area contributed by atoms with Crippen LogP contribution in [0.15, 0.2) is 12.1 Å². The van der Waals surface area contributed by atoms with Gasteiger partial charge in [0.15, 0.2) is 11.5 Å². The summed E-state index contributed by atoms with van der Waals surface area (Å²) in [5.41, 5.74) is 6.01. The number of hydrogen-bond donors (Lipinski definition) is 2. The van der Waals surface area contributed by atoms with Crippen molar-refractivity contribution in [3.8, 4) is 11.5 Å². The molecule has 0 bridgehead atoms. The molecule has 0 fully saturated rings. The summed E-state index contributed by atoms with van der Waals surface area (Å²) in [6.45, 7) is 2.24. The van der Waals surface area contributed by atoms with Crippen molar-refractivity contribution < 1.29 is 9.84 Å². The van der Waals surface area contributed by atoms with Gasteiger partial charge in [0.25, 0.3) is 0 Å². The van der Waals surface area contributed by atoms with Gasteiger partial charge in [-0.3, -0.25) is 0 Å². The van der Waals surface area contributed by atoms with Crippen molar-refractivity contribution in [2.75, 3.05) is 6.61 Å². The standard InChI is InChI=1S/C9H10ClNO2S/c1-2-13-7-4-5(9(11)14)3-6(10)8(7)12/h3-4,12H,2H2,1H3,(H2,11,14). The van der Waals surface area contributed by atoms with Crippen LogP contribution in [-0.2, 0) is 0 Å². The molecule has 0 saturated heterocycles. The van der Waals surface area contributed by atoms with Crippen LogP contribution in [0, 0.1) is 0 Å². The zero-order chi connectivity index (χ0) is 10.7. The zero-order valence-electron chi connectivity index (χ0n) is 7.58. The molecule has 76 valence electrons. The second kappa shape index (κ2) is 4.48. The van der Waals surface area contributed by atoms with Gasteiger partial charge in [0.2, 0.25) is 0 Å². The Morgan fingerprint density at radius 2 is 2.29 bits per heavy atom. The molecular formula is C9H10ClNO2S. The van der Waals surface area contributed by atoms with Gasteiger partial charge in [-0.25, -0.2) is 0 Å². The third-order valence-corrected chi connectivity index (χ3v) is 2.14. The third-order valence-electron chi connectivity index (χ3n) is 1.61. The van der Waals surface area contributed by atoms with Crippen LogP contribution in [0.3, 0.4) is 0 Å². The number of hydrogen-bond acceptors (Lipinski definition) is 3. The van der Waals surface area contributed by atoms with E-state index in [-0.39, 0.29) is 15.8 Å². The van der Waals surface area contributed by atoms with E-state index in [0.29, 0.717) is 17.9 Å². The lowest BCUT2D eigenvalue weighted by molar-refractivity contribution is 0.318. The van der Waals surface area contributed by atoms with Crippen molar-refractivity contribution in [1.29, 1.82) is 0 Å². The molecule has 1 rings (SSSR count). The fourth-order valence-electron chi connectivity index (χ4n) is 0.982. The number of phenolic OH excluding ortho intramolecular Hbond substituents is 1. The van der Waals surface area contributed by atoms with Crippen molar-refractivity contribution >= 4 is 28.8 Å². The fourth-order valence-corrected chi connectivity index (χ4v) is 1.31.